The summed E-state index contributed by atoms with van der Waals surface area (Å²) in [4.78, 5) is -0.0741. The fourth-order valence-corrected chi connectivity index (χ4v) is 1.09. The molecule has 3 nitrogen and oxygen atoms in total. The second kappa shape index (κ2) is 7.66. The molecule has 6 heteroatoms. The van der Waals surface area contributed by atoms with E-state index in [0.717, 1.165) is 0 Å². The second-order valence-corrected chi connectivity index (χ2v) is 3.21. The summed E-state index contributed by atoms with van der Waals surface area (Å²) in [7, 11) is -4.00. The maximum absolute atomic E-state index is 10.4. The van der Waals surface area contributed by atoms with Gasteiger partial charge in [-0.15, -0.1) is 0 Å². The SMILES string of the molecule is O=S(=O)(O)c1ccccc1.[K].[K]. The molecule has 0 heterocycles. The summed E-state index contributed by atoms with van der Waals surface area (Å²) in [5, 5.41) is 0. The molecule has 2 radical (unpaired) electrons. The molecule has 0 atom stereocenters. The van der Waals surface area contributed by atoms with Gasteiger partial charge in [-0.2, -0.15) is 8.42 Å². The average Bonchev–Trinajstić information content (AvgIpc) is 1.88. The van der Waals surface area contributed by atoms with E-state index >= 15 is 0 Å². The molecule has 0 saturated carbocycles. The number of benzene rings is 1. The minimum atomic E-state index is -4.00. The third-order valence-electron chi connectivity index (χ3n) is 1.04. The topological polar surface area (TPSA) is 54.4 Å². The Bertz CT molecular complexity index is 309. The van der Waals surface area contributed by atoms with Crippen molar-refractivity contribution in [2.75, 3.05) is 0 Å². The first-order valence-electron chi connectivity index (χ1n) is 2.63. The van der Waals surface area contributed by atoms with Crippen LogP contribution >= 0.6 is 0 Å². The molecule has 0 aromatic heterocycles. The van der Waals surface area contributed by atoms with Crippen LogP contribution in [0.2, 0.25) is 0 Å². The van der Waals surface area contributed by atoms with Gasteiger partial charge in [-0.1, -0.05) is 18.2 Å². The van der Waals surface area contributed by atoms with Gasteiger partial charge in [0.05, 0.1) is 4.90 Å². The fourth-order valence-electron chi connectivity index (χ4n) is 0.592. The Morgan fingerprint density at radius 3 is 1.67 bits per heavy atom. The summed E-state index contributed by atoms with van der Waals surface area (Å²) in [5.41, 5.74) is 0. The molecule has 1 aromatic rings. The van der Waals surface area contributed by atoms with Crippen LogP contribution in [0.3, 0.4) is 0 Å². The van der Waals surface area contributed by atoms with Gasteiger partial charge in [0.15, 0.2) is 0 Å². The quantitative estimate of drug-likeness (QED) is 0.559. The summed E-state index contributed by atoms with van der Waals surface area (Å²) in [6.45, 7) is 0. The summed E-state index contributed by atoms with van der Waals surface area (Å²) < 4.78 is 29.2. The van der Waals surface area contributed by atoms with E-state index in [1.807, 2.05) is 0 Å². The van der Waals surface area contributed by atoms with Crippen molar-refractivity contribution >= 4 is 113 Å². The van der Waals surface area contributed by atoms with Crippen LogP contribution in [0.15, 0.2) is 35.2 Å². The van der Waals surface area contributed by atoms with Crippen LogP contribution in [0.5, 0.6) is 0 Å². The van der Waals surface area contributed by atoms with Crippen LogP contribution < -0.4 is 0 Å². The number of hydrogen-bond donors (Lipinski definition) is 1. The third kappa shape index (κ3) is 5.99. The molecule has 1 aromatic carbocycles. The Balaban J connectivity index is 0. The Labute approximate surface area is 157 Å². The van der Waals surface area contributed by atoms with Gasteiger partial charge in [0.25, 0.3) is 10.1 Å². The van der Waals surface area contributed by atoms with Crippen LogP contribution in [0, 0.1) is 0 Å². The summed E-state index contributed by atoms with van der Waals surface area (Å²) in [6.07, 6.45) is 0. The van der Waals surface area contributed by atoms with E-state index < -0.39 is 10.1 Å². The van der Waals surface area contributed by atoms with Gasteiger partial charge in [-0.25, -0.2) is 0 Å². The molecule has 0 aliphatic heterocycles. The Morgan fingerprint density at radius 1 is 1.00 bits per heavy atom. The van der Waals surface area contributed by atoms with Crippen molar-refractivity contribution in [2.24, 2.45) is 0 Å². The zero-order chi connectivity index (χ0) is 7.61. The predicted octanol–water partition coefficient (Wildman–Crippen LogP) is 0.172. The van der Waals surface area contributed by atoms with Crippen molar-refractivity contribution in [3.63, 3.8) is 0 Å². The molecule has 1 N–H and O–H groups in total. The van der Waals surface area contributed by atoms with Gasteiger partial charge in [0.1, 0.15) is 0 Å². The molecule has 0 saturated heterocycles. The Morgan fingerprint density at radius 2 is 1.42 bits per heavy atom. The van der Waals surface area contributed by atoms with Crippen molar-refractivity contribution in [1.29, 1.82) is 0 Å². The van der Waals surface area contributed by atoms with Crippen molar-refractivity contribution in [2.45, 2.75) is 4.90 Å². The van der Waals surface area contributed by atoms with E-state index in [4.69, 9.17) is 4.55 Å². The third-order valence-corrected chi connectivity index (χ3v) is 1.91. The first kappa shape index (κ1) is 16.8. The van der Waals surface area contributed by atoms with Crippen molar-refractivity contribution in [3.8, 4) is 0 Å². The van der Waals surface area contributed by atoms with E-state index in [9.17, 15) is 8.42 Å². The molecular formula is C6H6K2O3S. The van der Waals surface area contributed by atoms with E-state index in [2.05, 4.69) is 0 Å². The van der Waals surface area contributed by atoms with E-state index in [1.165, 1.54) is 12.1 Å². The average molecular weight is 236 g/mol. The van der Waals surface area contributed by atoms with Gasteiger partial charge in [0, 0.05) is 103 Å². The standard InChI is InChI=1S/C6H6O3S.2K/c7-10(8,9)6-4-2-1-3-5-6;;/h1-5H,(H,7,8,9);;. The predicted molar refractivity (Wildman–Crippen MR) is 47.8 cm³/mol. The second-order valence-electron chi connectivity index (χ2n) is 1.79. The van der Waals surface area contributed by atoms with Crippen LogP contribution in [0.1, 0.15) is 0 Å². The molecule has 0 unspecified atom stereocenters. The van der Waals surface area contributed by atoms with E-state index in [0.29, 0.717) is 0 Å². The Hall–Kier alpha value is 2.40. The molecule has 12 heavy (non-hydrogen) atoms. The number of hydrogen-bond acceptors (Lipinski definition) is 2. The molecule has 1 rings (SSSR count). The summed E-state index contributed by atoms with van der Waals surface area (Å²) in [5.74, 6) is 0. The molecule has 0 spiro atoms. The normalized spacial score (nSPS) is 9.42. The summed E-state index contributed by atoms with van der Waals surface area (Å²) >= 11 is 0. The van der Waals surface area contributed by atoms with Gasteiger partial charge < -0.3 is 0 Å². The van der Waals surface area contributed by atoms with Crippen molar-refractivity contribution in [1.82, 2.24) is 0 Å². The maximum atomic E-state index is 10.4. The fraction of sp³-hybridized carbons (Fsp3) is 0. The van der Waals surface area contributed by atoms with Gasteiger partial charge >= 0.3 is 0 Å². The minimum Gasteiger partial charge on any atom is -0.282 e. The van der Waals surface area contributed by atoms with Crippen LogP contribution in [-0.2, 0) is 10.1 Å². The summed E-state index contributed by atoms with van der Waals surface area (Å²) in [6, 6.07) is 7.42. The zero-order valence-corrected chi connectivity index (χ0v) is 14.1. The monoisotopic (exact) mass is 236 g/mol. The largest absolute Gasteiger partial charge is 0.294 e. The van der Waals surface area contributed by atoms with Crippen molar-refractivity contribution < 1.29 is 13.0 Å². The first-order chi connectivity index (χ1) is 4.61. The molecule has 0 bridgehead atoms. The number of rotatable bonds is 1. The Kier molecular flexibility index (Phi) is 10.7. The first-order valence-corrected chi connectivity index (χ1v) is 4.07. The zero-order valence-electron chi connectivity index (χ0n) is 7.06. The van der Waals surface area contributed by atoms with E-state index in [1.54, 1.807) is 18.2 Å². The molecule has 56 valence electrons. The van der Waals surface area contributed by atoms with Crippen LogP contribution in [0.4, 0.5) is 0 Å². The maximum Gasteiger partial charge on any atom is 0.294 e. The molecule has 0 fully saturated rings. The minimum absolute atomic E-state index is 0. The van der Waals surface area contributed by atoms with E-state index in [-0.39, 0.29) is 108 Å². The molecule has 0 amide bonds. The molecule has 0 aliphatic carbocycles. The van der Waals surface area contributed by atoms with Crippen molar-refractivity contribution in [3.05, 3.63) is 30.3 Å². The molecular weight excluding hydrogens is 230 g/mol. The van der Waals surface area contributed by atoms with Crippen LogP contribution in [-0.4, -0.2) is 116 Å². The van der Waals surface area contributed by atoms with Gasteiger partial charge in [-0.3, -0.25) is 4.55 Å². The van der Waals surface area contributed by atoms with Crippen LogP contribution in [0.25, 0.3) is 0 Å². The smallest absolute Gasteiger partial charge is 0.282 e. The molecule has 0 aliphatic rings. The van der Waals surface area contributed by atoms with Gasteiger partial charge in [0.2, 0.25) is 0 Å². The van der Waals surface area contributed by atoms with Gasteiger partial charge in [-0.05, 0) is 12.1 Å².